The first kappa shape index (κ1) is 10.3. The molecule has 13 heavy (non-hydrogen) atoms. The van der Waals surface area contributed by atoms with E-state index in [1.54, 1.807) is 6.08 Å². The third-order valence-electron chi connectivity index (χ3n) is 2.06. The van der Waals surface area contributed by atoms with Crippen LogP contribution in [0, 0.1) is 6.92 Å². The number of rotatable bonds is 3. The lowest BCUT2D eigenvalue weighted by Crippen LogP contribution is -2.26. The molecule has 70 valence electrons. The first-order chi connectivity index (χ1) is 6.20. The van der Waals surface area contributed by atoms with Gasteiger partial charge >= 0.3 is 0 Å². The first-order valence-corrected chi connectivity index (χ1v) is 4.42. The summed E-state index contributed by atoms with van der Waals surface area (Å²) in [6.45, 7) is 5.66. The van der Waals surface area contributed by atoms with Gasteiger partial charge in [0.15, 0.2) is 0 Å². The molecular formula is C10H13ClN2. The lowest BCUT2D eigenvalue weighted by Gasteiger charge is -2.14. The zero-order valence-corrected chi connectivity index (χ0v) is 8.31. The van der Waals surface area contributed by atoms with Crippen LogP contribution in [0.4, 0.5) is 0 Å². The van der Waals surface area contributed by atoms with E-state index in [0.29, 0.717) is 0 Å². The normalized spacial score (nSPS) is 12.5. The Balaban J connectivity index is 3.13. The molecule has 0 heterocycles. The van der Waals surface area contributed by atoms with Crippen molar-refractivity contribution in [2.24, 2.45) is 5.84 Å². The van der Waals surface area contributed by atoms with Gasteiger partial charge in [-0.2, -0.15) is 0 Å². The fourth-order valence-electron chi connectivity index (χ4n) is 1.25. The van der Waals surface area contributed by atoms with Gasteiger partial charge in [0.25, 0.3) is 0 Å². The van der Waals surface area contributed by atoms with Crippen LogP contribution in [0.5, 0.6) is 0 Å². The molecular weight excluding hydrogens is 184 g/mol. The Morgan fingerprint density at radius 2 is 2.31 bits per heavy atom. The molecule has 0 aliphatic rings. The van der Waals surface area contributed by atoms with Gasteiger partial charge in [0, 0.05) is 5.02 Å². The highest BCUT2D eigenvalue weighted by Gasteiger charge is 2.09. The van der Waals surface area contributed by atoms with Crippen molar-refractivity contribution in [1.29, 1.82) is 0 Å². The van der Waals surface area contributed by atoms with Crippen molar-refractivity contribution >= 4 is 11.6 Å². The molecule has 3 heteroatoms. The fraction of sp³-hybridized carbons (Fsp3) is 0.200. The smallest absolute Gasteiger partial charge is 0.0641 e. The minimum absolute atomic E-state index is 0.0429. The number of nitrogens with one attached hydrogen (secondary N) is 1. The molecule has 0 spiro atoms. The highest BCUT2D eigenvalue weighted by Crippen LogP contribution is 2.24. The summed E-state index contributed by atoms with van der Waals surface area (Å²) >= 11 is 5.97. The predicted octanol–water partition coefficient (Wildman–Crippen LogP) is 2.34. The maximum atomic E-state index is 5.97. The Morgan fingerprint density at radius 1 is 1.62 bits per heavy atom. The molecule has 1 aromatic rings. The zero-order valence-electron chi connectivity index (χ0n) is 7.55. The van der Waals surface area contributed by atoms with Gasteiger partial charge in [0.2, 0.25) is 0 Å². The molecule has 0 saturated carbocycles. The molecule has 1 atom stereocenters. The van der Waals surface area contributed by atoms with Gasteiger partial charge < -0.3 is 0 Å². The molecule has 1 rings (SSSR count). The van der Waals surface area contributed by atoms with E-state index in [2.05, 4.69) is 12.0 Å². The van der Waals surface area contributed by atoms with Gasteiger partial charge in [-0.3, -0.25) is 5.84 Å². The average Bonchev–Trinajstić information content (AvgIpc) is 2.14. The van der Waals surface area contributed by atoms with E-state index >= 15 is 0 Å². The van der Waals surface area contributed by atoms with Gasteiger partial charge in [-0.1, -0.05) is 29.8 Å². The topological polar surface area (TPSA) is 38.0 Å². The van der Waals surface area contributed by atoms with Crippen molar-refractivity contribution < 1.29 is 0 Å². The molecule has 1 unspecified atom stereocenters. The number of hydrogen-bond acceptors (Lipinski definition) is 2. The maximum absolute atomic E-state index is 5.97. The zero-order chi connectivity index (χ0) is 9.84. The summed E-state index contributed by atoms with van der Waals surface area (Å²) in [7, 11) is 0. The van der Waals surface area contributed by atoms with E-state index in [0.717, 1.165) is 16.1 Å². The molecule has 0 saturated heterocycles. The SMILES string of the molecule is C=CC(NN)c1cccc(Cl)c1C. The van der Waals surface area contributed by atoms with E-state index in [1.807, 2.05) is 25.1 Å². The highest BCUT2D eigenvalue weighted by molar-refractivity contribution is 6.31. The summed E-state index contributed by atoms with van der Waals surface area (Å²) in [5.74, 6) is 5.37. The van der Waals surface area contributed by atoms with Crippen LogP contribution in [0.3, 0.4) is 0 Å². The monoisotopic (exact) mass is 196 g/mol. The lowest BCUT2D eigenvalue weighted by atomic mass is 10.0. The quantitative estimate of drug-likeness (QED) is 0.443. The Hall–Kier alpha value is -0.830. The van der Waals surface area contributed by atoms with Crippen molar-refractivity contribution in [3.05, 3.63) is 47.0 Å². The van der Waals surface area contributed by atoms with Crippen LogP contribution in [0.15, 0.2) is 30.9 Å². The minimum Gasteiger partial charge on any atom is -0.271 e. The Morgan fingerprint density at radius 3 is 2.85 bits per heavy atom. The second-order valence-electron chi connectivity index (χ2n) is 2.83. The fourth-order valence-corrected chi connectivity index (χ4v) is 1.43. The van der Waals surface area contributed by atoms with Gasteiger partial charge in [0.1, 0.15) is 0 Å². The third-order valence-corrected chi connectivity index (χ3v) is 2.47. The maximum Gasteiger partial charge on any atom is 0.0641 e. The number of hydrogen-bond donors (Lipinski definition) is 2. The molecule has 0 fully saturated rings. The number of halogens is 1. The summed E-state index contributed by atoms with van der Waals surface area (Å²) in [6.07, 6.45) is 1.75. The van der Waals surface area contributed by atoms with E-state index in [1.165, 1.54) is 0 Å². The molecule has 0 aliphatic carbocycles. The second-order valence-corrected chi connectivity index (χ2v) is 3.24. The van der Waals surface area contributed by atoms with Crippen LogP contribution in [0.25, 0.3) is 0 Å². The second kappa shape index (κ2) is 4.42. The summed E-state index contributed by atoms with van der Waals surface area (Å²) in [4.78, 5) is 0. The van der Waals surface area contributed by atoms with Crippen molar-refractivity contribution in [3.8, 4) is 0 Å². The largest absolute Gasteiger partial charge is 0.271 e. The molecule has 0 amide bonds. The summed E-state index contributed by atoms with van der Waals surface area (Å²) in [5.41, 5.74) is 4.75. The van der Waals surface area contributed by atoms with Crippen molar-refractivity contribution in [1.82, 2.24) is 5.43 Å². The van der Waals surface area contributed by atoms with Gasteiger partial charge in [-0.05, 0) is 24.1 Å². The van der Waals surface area contributed by atoms with E-state index < -0.39 is 0 Å². The van der Waals surface area contributed by atoms with Crippen LogP contribution in [0.1, 0.15) is 17.2 Å². The standard InChI is InChI=1S/C10H13ClN2/c1-3-10(13-12)8-5-4-6-9(11)7(8)2/h3-6,10,13H,1,12H2,2H3. The lowest BCUT2D eigenvalue weighted by molar-refractivity contribution is 0.653. The van der Waals surface area contributed by atoms with Gasteiger partial charge in [-0.25, -0.2) is 5.43 Å². The predicted molar refractivity (Wildman–Crippen MR) is 56.5 cm³/mol. The highest BCUT2D eigenvalue weighted by atomic mass is 35.5. The number of nitrogens with two attached hydrogens (primary N) is 1. The van der Waals surface area contributed by atoms with Crippen LogP contribution < -0.4 is 11.3 Å². The molecule has 0 radical (unpaired) electrons. The molecule has 2 nitrogen and oxygen atoms in total. The number of benzene rings is 1. The average molecular weight is 197 g/mol. The van der Waals surface area contributed by atoms with E-state index in [4.69, 9.17) is 17.4 Å². The molecule has 0 bridgehead atoms. The Kier molecular flexibility index (Phi) is 3.48. The molecule has 1 aromatic carbocycles. The van der Waals surface area contributed by atoms with Crippen LogP contribution in [-0.2, 0) is 0 Å². The van der Waals surface area contributed by atoms with Gasteiger partial charge in [-0.15, -0.1) is 6.58 Å². The van der Waals surface area contributed by atoms with Crippen LogP contribution in [-0.4, -0.2) is 0 Å². The third kappa shape index (κ3) is 2.10. The van der Waals surface area contributed by atoms with E-state index in [9.17, 15) is 0 Å². The summed E-state index contributed by atoms with van der Waals surface area (Å²) < 4.78 is 0. The van der Waals surface area contributed by atoms with Crippen molar-refractivity contribution in [2.45, 2.75) is 13.0 Å². The Labute approximate surface area is 83.4 Å². The Bertz CT molecular complexity index is 310. The van der Waals surface area contributed by atoms with Crippen LogP contribution in [0.2, 0.25) is 5.02 Å². The van der Waals surface area contributed by atoms with Crippen molar-refractivity contribution in [3.63, 3.8) is 0 Å². The van der Waals surface area contributed by atoms with Gasteiger partial charge in [0.05, 0.1) is 6.04 Å². The summed E-state index contributed by atoms with van der Waals surface area (Å²) in [5, 5.41) is 0.750. The molecule has 0 aliphatic heterocycles. The van der Waals surface area contributed by atoms with E-state index in [-0.39, 0.29) is 6.04 Å². The molecule has 3 N–H and O–H groups in total. The molecule has 0 aromatic heterocycles. The minimum atomic E-state index is -0.0429. The summed E-state index contributed by atoms with van der Waals surface area (Å²) in [6, 6.07) is 5.70. The van der Waals surface area contributed by atoms with Crippen LogP contribution >= 0.6 is 11.6 Å². The van der Waals surface area contributed by atoms with Crippen molar-refractivity contribution in [2.75, 3.05) is 0 Å². The first-order valence-electron chi connectivity index (χ1n) is 4.04. The number of hydrazine groups is 1.